The summed E-state index contributed by atoms with van der Waals surface area (Å²) >= 11 is 1.50. The fourth-order valence-electron chi connectivity index (χ4n) is 3.65. The number of imide groups is 1. The van der Waals surface area contributed by atoms with Crippen molar-refractivity contribution < 1.29 is 19.1 Å². The third-order valence-corrected chi connectivity index (χ3v) is 6.10. The van der Waals surface area contributed by atoms with E-state index >= 15 is 0 Å². The Balaban J connectivity index is 1.57. The monoisotopic (exact) mass is 449 g/mol. The molecule has 0 aliphatic carbocycles. The van der Waals surface area contributed by atoms with Crippen molar-refractivity contribution in [3.63, 3.8) is 0 Å². The number of urea groups is 1. The summed E-state index contributed by atoms with van der Waals surface area (Å²) in [5.41, 5.74) is 2.04. The first kappa shape index (κ1) is 21.6. The van der Waals surface area contributed by atoms with Gasteiger partial charge in [-0.1, -0.05) is 18.2 Å². The van der Waals surface area contributed by atoms with E-state index in [1.54, 1.807) is 49.6 Å². The topological polar surface area (TPSA) is 79.0 Å². The zero-order valence-electron chi connectivity index (χ0n) is 17.8. The first-order chi connectivity index (χ1) is 15.5. The molecule has 4 amide bonds. The van der Waals surface area contributed by atoms with E-state index in [0.29, 0.717) is 17.1 Å². The molecule has 1 aliphatic heterocycles. The van der Waals surface area contributed by atoms with E-state index in [0.717, 1.165) is 10.4 Å². The van der Waals surface area contributed by atoms with E-state index in [1.807, 2.05) is 30.5 Å². The molecular weight excluding hydrogens is 426 g/mol. The van der Waals surface area contributed by atoms with E-state index in [-0.39, 0.29) is 18.9 Å². The lowest BCUT2D eigenvalue weighted by Gasteiger charge is -2.21. The van der Waals surface area contributed by atoms with Gasteiger partial charge < -0.3 is 15.0 Å². The molecule has 0 unspecified atom stereocenters. The number of benzene rings is 2. The minimum atomic E-state index is -0.886. The fraction of sp³-hybridized carbons (Fsp3) is 0.208. The molecule has 8 heteroatoms. The number of carbonyl (C=O) groups is 3. The van der Waals surface area contributed by atoms with Gasteiger partial charge in [-0.05, 0) is 60.3 Å². The van der Waals surface area contributed by atoms with Gasteiger partial charge in [-0.3, -0.25) is 9.59 Å². The van der Waals surface area contributed by atoms with Gasteiger partial charge in [0, 0.05) is 10.6 Å². The Morgan fingerprint density at radius 3 is 2.53 bits per heavy atom. The highest BCUT2D eigenvalue weighted by Crippen LogP contribution is 2.30. The number of carbonyl (C=O) groups excluding carboxylic acids is 3. The minimum Gasteiger partial charge on any atom is -0.497 e. The van der Waals surface area contributed by atoms with Crippen LogP contribution in [0.1, 0.15) is 16.9 Å². The second kappa shape index (κ2) is 9.23. The van der Waals surface area contributed by atoms with E-state index < -0.39 is 18.0 Å². The number of anilines is 2. The van der Waals surface area contributed by atoms with Crippen molar-refractivity contribution in [2.45, 2.75) is 25.9 Å². The Morgan fingerprint density at radius 2 is 1.88 bits per heavy atom. The molecule has 164 valence electrons. The molecule has 2 aromatic carbocycles. The normalized spacial score (nSPS) is 15.9. The molecule has 1 atom stereocenters. The van der Waals surface area contributed by atoms with Gasteiger partial charge in [0.25, 0.3) is 5.91 Å². The zero-order chi connectivity index (χ0) is 22.7. The van der Waals surface area contributed by atoms with Crippen LogP contribution in [0.4, 0.5) is 16.2 Å². The van der Waals surface area contributed by atoms with Crippen molar-refractivity contribution >= 4 is 40.6 Å². The number of hydrogen-bond acceptors (Lipinski definition) is 5. The smallest absolute Gasteiger partial charge is 0.332 e. The van der Waals surface area contributed by atoms with Gasteiger partial charge in [-0.25, -0.2) is 9.69 Å². The van der Waals surface area contributed by atoms with Gasteiger partial charge in [-0.15, -0.1) is 11.3 Å². The molecule has 0 spiro atoms. The predicted octanol–water partition coefficient (Wildman–Crippen LogP) is 4.43. The van der Waals surface area contributed by atoms with E-state index in [2.05, 4.69) is 5.32 Å². The number of amides is 4. The zero-order valence-corrected chi connectivity index (χ0v) is 18.6. The Labute approximate surface area is 190 Å². The van der Waals surface area contributed by atoms with E-state index in [1.165, 1.54) is 21.1 Å². The lowest BCUT2D eigenvalue weighted by atomic mass is 10.1. The van der Waals surface area contributed by atoms with Gasteiger partial charge in [0.1, 0.15) is 11.8 Å². The standard InChI is InChI=1S/C24H23N3O4S/c1-16-5-3-6-18(13-16)27-23(29)21(26(24(27)30)15-20-7-4-12-32-20)14-22(28)25-17-8-10-19(31-2)11-9-17/h3-13,21H,14-15H2,1-2H3,(H,25,28)/t21-/m1/s1. The van der Waals surface area contributed by atoms with Crippen LogP contribution in [0.3, 0.4) is 0 Å². The molecular formula is C24H23N3O4S. The van der Waals surface area contributed by atoms with Gasteiger partial charge in [0.2, 0.25) is 5.91 Å². The summed E-state index contributed by atoms with van der Waals surface area (Å²) in [5, 5.41) is 4.72. The highest BCUT2D eigenvalue weighted by Gasteiger charge is 2.46. The number of aryl methyl sites for hydroxylation is 1. The molecule has 3 aromatic rings. The Kier molecular flexibility index (Phi) is 6.23. The number of thiophene rings is 1. The molecule has 0 radical (unpaired) electrons. The summed E-state index contributed by atoms with van der Waals surface area (Å²) in [6, 6.07) is 16.6. The Morgan fingerprint density at radius 1 is 1.09 bits per heavy atom. The third kappa shape index (κ3) is 4.50. The quantitative estimate of drug-likeness (QED) is 0.541. The maximum atomic E-state index is 13.3. The van der Waals surface area contributed by atoms with Gasteiger partial charge in [0.15, 0.2) is 0 Å². The molecule has 1 fully saturated rings. The van der Waals surface area contributed by atoms with Crippen molar-refractivity contribution in [2.24, 2.45) is 0 Å². The summed E-state index contributed by atoms with van der Waals surface area (Å²) in [4.78, 5) is 42.9. The molecule has 2 heterocycles. The van der Waals surface area contributed by atoms with Crippen molar-refractivity contribution in [3.05, 3.63) is 76.5 Å². The second-order valence-electron chi connectivity index (χ2n) is 7.50. The van der Waals surface area contributed by atoms with Crippen molar-refractivity contribution in [3.8, 4) is 5.75 Å². The lowest BCUT2D eigenvalue weighted by molar-refractivity contribution is -0.124. The molecule has 1 saturated heterocycles. The number of nitrogens with zero attached hydrogens (tertiary/aromatic N) is 2. The van der Waals surface area contributed by atoms with Crippen LogP contribution in [-0.4, -0.2) is 35.9 Å². The maximum absolute atomic E-state index is 13.3. The lowest BCUT2D eigenvalue weighted by Crippen LogP contribution is -2.37. The van der Waals surface area contributed by atoms with Crippen molar-refractivity contribution in [2.75, 3.05) is 17.3 Å². The number of hydrogen-bond donors (Lipinski definition) is 1. The number of ether oxygens (including phenoxy) is 1. The third-order valence-electron chi connectivity index (χ3n) is 5.24. The summed E-state index contributed by atoms with van der Waals surface area (Å²) in [6.45, 7) is 2.17. The molecule has 4 rings (SSSR count). The van der Waals surface area contributed by atoms with Crippen LogP contribution >= 0.6 is 11.3 Å². The Bertz CT molecular complexity index is 1130. The van der Waals surface area contributed by atoms with Crippen LogP contribution in [0.5, 0.6) is 5.75 Å². The summed E-state index contributed by atoms with van der Waals surface area (Å²) in [7, 11) is 1.57. The van der Waals surface area contributed by atoms with E-state index in [4.69, 9.17) is 4.74 Å². The molecule has 7 nitrogen and oxygen atoms in total. The van der Waals surface area contributed by atoms with Crippen LogP contribution in [0, 0.1) is 6.92 Å². The minimum absolute atomic E-state index is 0.135. The van der Waals surface area contributed by atoms with Crippen LogP contribution < -0.4 is 15.0 Å². The summed E-state index contributed by atoms with van der Waals surface area (Å²) < 4.78 is 5.13. The molecule has 0 bridgehead atoms. The molecule has 1 aromatic heterocycles. The first-order valence-corrected chi connectivity index (χ1v) is 11.0. The Hall–Kier alpha value is -3.65. The summed E-state index contributed by atoms with van der Waals surface area (Å²) in [6.07, 6.45) is -0.135. The highest BCUT2D eigenvalue weighted by molar-refractivity contribution is 7.09. The average Bonchev–Trinajstić information content (AvgIpc) is 3.37. The molecule has 32 heavy (non-hydrogen) atoms. The van der Waals surface area contributed by atoms with Crippen LogP contribution in [0.25, 0.3) is 0 Å². The van der Waals surface area contributed by atoms with Crippen LogP contribution in [0.2, 0.25) is 0 Å². The van der Waals surface area contributed by atoms with Crippen LogP contribution in [-0.2, 0) is 16.1 Å². The molecule has 1 N–H and O–H groups in total. The van der Waals surface area contributed by atoms with Crippen molar-refractivity contribution in [1.29, 1.82) is 0 Å². The van der Waals surface area contributed by atoms with Gasteiger partial charge >= 0.3 is 6.03 Å². The molecule has 0 saturated carbocycles. The SMILES string of the molecule is COc1ccc(NC(=O)C[C@@H]2C(=O)N(c3cccc(C)c3)C(=O)N2Cc2cccs2)cc1. The highest BCUT2D eigenvalue weighted by atomic mass is 32.1. The van der Waals surface area contributed by atoms with Gasteiger partial charge in [0.05, 0.1) is 25.8 Å². The molecule has 1 aliphatic rings. The largest absolute Gasteiger partial charge is 0.497 e. The number of methoxy groups -OCH3 is 1. The number of nitrogens with one attached hydrogen (secondary N) is 1. The second-order valence-corrected chi connectivity index (χ2v) is 8.53. The van der Waals surface area contributed by atoms with Crippen LogP contribution in [0.15, 0.2) is 66.0 Å². The first-order valence-electron chi connectivity index (χ1n) is 10.1. The number of rotatable bonds is 7. The fourth-order valence-corrected chi connectivity index (χ4v) is 4.35. The predicted molar refractivity (Wildman–Crippen MR) is 124 cm³/mol. The summed E-state index contributed by atoms with van der Waals surface area (Å²) in [5.74, 6) is -0.0684. The van der Waals surface area contributed by atoms with E-state index in [9.17, 15) is 14.4 Å². The van der Waals surface area contributed by atoms with Crippen molar-refractivity contribution in [1.82, 2.24) is 4.90 Å². The maximum Gasteiger partial charge on any atom is 0.332 e. The average molecular weight is 450 g/mol. The van der Waals surface area contributed by atoms with Gasteiger partial charge in [-0.2, -0.15) is 0 Å².